The van der Waals surface area contributed by atoms with Gasteiger partial charge in [0.1, 0.15) is 11.6 Å². The number of hydrogen-bond donors (Lipinski definition) is 1. The van der Waals surface area contributed by atoms with Crippen LogP contribution in [-0.4, -0.2) is 7.11 Å². The predicted octanol–water partition coefficient (Wildman–Crippen LogP) is 5.02. The second kappa shape index (κ2) is 6.46. The molecule has 0 bridgehead atoms. The SMILES string of the molecule is COc1c(C)cc(Br)c(C)c1C(N)c1cc(F)ccc1Br. The maximum absolute atomic E-state index is 13.5. The third-order valence-electron chi connectivity index (χ3n) is 3.52. The normalized spacial score (nSPS) is 12.3. The largest absolute Gasteiger partial charge is 0.496 e. The Morgan fingerprint density at radius 3 is 2.43 bits per heavy atom. The molecule has 2 aromatic rings. The van der Waals surface area contributed by atoms with Crippen LogP contribution in [0.2, 0.25) is 0 Å². The van der Waals surface area contributed by atoms with Crippen LogP contribution in [0.25, 0.3) is 0 Å². The van der Waals surface area contributed by atoms with Gasteiger partial charge >= 0.3 is 0 Å². The van der Waals surface area contributed by atoms with E-state index in [2.05, 4.69) is 31.9 Å². The van der Waals surface area contributed by atoms with Gasteiger partial charge in [0.15, 0.2) is 0 Å². The van der Waals surface area contributed by atoms with Crippen molar-refractivity contribution in [2.24, 2.45) is 5.73 Å². The highest BCUT2D eigenvalue weighted by Gasteiger charge is 2.22. The number of benzene rings is 2. The van der Waals surface area contributed by atoms with Crippen LogP contribution in [0, 0.1) is 19.7 Å². The van der Waals surface area contributed by atoms with E-state index in [0.29, 0.717) is 5.56 Å². The molecule has 0 amide bonds. The van der Waals surface area contributed by atoms with E-state index in [1.54, 1.807) is 13.2 Å². The summed E-state index contributed by atoms with van der Waals surface area (Å²) in [5.41, 5.74) is 9.92. The number of methoxy groups -OCH3 is 1. The summed E-state index contributed by atoms with van der Waals surface area (Å²) in [5, 5.41) is 0. The van der Waals surface area contributed by atoms with E-state index >= 15 is 0 Å². The van der Waals surface area contributed by atoms with Crippen molar-refractivity contribution >= 4 is 31.9 Å². The van der Waals surface area contributed by atoms with Gasteiger partial charge in [0.05, 0.1) is 13.2 Å². The maximum Gasteiger partial charge on any atom is 0.127 e. The van der Waals surface area contributed by atoms with Gasteiger partial charge in [-0.2, -0.15) is 0 Å². The van der Waals surface area contributed by atoms with Gasteiger partial charge in [-0.3, -0.25) is 0 Å². The summed E-state index contributed by atoms with van der Waals surface area (Å²) < 4.78 is 20.8. The number of rotatable bonds is 3. The van der Waals surface area contributed by atoms with Crippen molar-refractivity contribution < 1.29 is 9.13 Å². The highest BCUT2D eigenvalue weighted by molar-refractivity contribution is 9.10. The van der Waals surface area contributed by atoms with Gasteiger partial charge in [0, 0.05) is 14.5 Å². The second-order valence-corrected chi connectivity index (χ2v) is 6.60. The molecule has 0 saturated carbocycles. The lowest BCUT2D eigenvalue weighted by Crippen LogP contribution is -2.16. The highest BCUT2D eigenvalue weighted by atomic mass is 79.9. The van der Waals surface area contributed by atoms with Crippen molar-refractivity contribution in [3.8, 4) is 5.75 Å². The van der Waals surface area contributed by atoms with Crippen molar-refractivity contribution in [3.63, 3.8) is 0 Å². The first-order valence-corrected chi connectivity index (χ1v) is 7.99. The summed E-state index contributed by atoms with van der Waals surface area (Å²) >= 11 is 6.97. The summed E-state index contributed by atoms with van der Waals surface area (Å²) in [5.74, 6) is 0.423. The number of ether oxygens (including phenoxy) is 1. The van der Waals surface area contributed by atoms with E-state index < -0.39 is 6.04 Å². The summed E-state index contributed by atoms with van der Waals surface area (Å²) in [6.45, 7) is 3.92. The molecule has 0 aliphatic carbocycles. The fourth-order valence-electron chi connectivity index (χ4n) is 2.43. The minimum Gasteiger partial charge on any atom is -0.496 e. The van der Waals surface area contributed by atoms with E-state index in [4.69, 9.17) is 10.5 Å². The van der Waals surface area contributed by atoms with E-state index in [1.807, 2.05) is 19.9 Å². The van der Waals surface area contributed by atoms with Crippen molar-refractivity contribution in [1.29, 1.82) is 0 Å². The van der Waals surface area contributed by atoms with Crippen LogP contribution >= 0.6 is 31.9 Å². The van der Waals surface area contributed by atoms with E-state index in [1.165, 1.54) is 12.1 Å². The predicted molar refractivity (Wildman–Crippen MR) is 90.3 cm³/mol. The van der Waals surface area contributed by atoms with Gasteiger partial charge in [-0.1, -0.05) is 31.9 Å². The third kappa shape index (κ3) is 3.15. The Labute approximate surface area is 140 Å². The molecule has 2 rings (SSSR count). The first-order chi connectivity index (χ1) is 9.86. The average molecular weight is 417 g/mol. The summed E-state index contributed by atoms with van der Waals surface area (Å²) in [6.07, 6.45) is 0. The van der Waals surface area contributed by atoms with Crippen LogP contribution in [0.4, 0.5) is 4.39 Å². The Morgan fingerprint density at radius 2 is 1.81 bits per heavy atom. The Kier molecular flexibility index (Phi) is 5.07. The molecule has 112 valence electrons. The van der Waals surface area contributed by atoms with Crippen molar-refractivity contribution in [1.82, 2.24) is 0 Å². The molecule has 0 aromatic heterocycles. The molecule has 5 heteroatoms. The first-order valence-electron chi connectivity index (χ1n) is 6.41. The van der Waals surface area contributed by atoms with Crippen LogP contribution in [-0.2, 0) is 0 Å². The molecule has 1 unspecified atom stereocenters. The topological polar surface area (TPSA) is 35.2 Å². The molecule has 0 fully saturated rings. The molecule has 2 nitrogen and oxygen atoms in total. The van der Waals surface area contributed by atoms with Gasteiger partial charge in [-0.05, 0) is 54.8 Å². The first kappa shape index (κ1) is 16.5. The van der Waals surface area contributed by atoms with E-state index in [9.17, 15) is 4.39 Å². The number of aryl methyl sites for hydroxylation is 1. The number of halogens is 3. The van der Waals surface area contributed by atoms with Crippen molar-refractivity contribution in [2.45, 2.75) is 19.9 Å². The van der Waals surface area contributed by atoms with Crippen molar-refractivity contribution in [2.75, 3.05) is 7.11 Å². The molecule has 1 atom stereocenters. The molecule has 0 heterocycles. The lowest BCUT2D eigenvalue weighted by Gasteiger charge is -2.22. The van der Waals surface area contributed by atoms with Gasteiger partial charge < -0.3 is 10.5 Å². The minimum atomic E-state index is -0.485. The van der Waals surface area contributed by atoms with Crippen LogP contribution in [0.1, 0.15) is 28.3 Å². The van der Waals surface area contributed by atoms with E-state index in [-0.39, 0.29) is 5.82 Å². The molecule has 2 N–H and O–H groups in total. The van der Waals surface area contributed by atoms with Gasteiger partial charge in [0.25, 0.3) is 0 Å². The standard InChI is InChI=1S/C16H16Br2FNO/c1-8-6-13(18)9(2)14(16(8)21-3)15(20)11-7-10(19)4-5-12(11)17/h4-7,15H,20H2,1-3H3. The quantitative estimate of drug-likeness (QED) is 0.761. The van der Waals surface area contributed by atoms with Gasteiger partial charge in [0.2, 0.25) is 0 Å². The van der Waals surface area contributed by atoms with Crippen LogP contribution in [0.15, 0.2) is 33.2 Å². The molecule has 2 aromatic carbocycles. The zero-order valence-corrected chi connectivity index (χ0v) is 15.2. The molecule has 0 saturated heterocycles. The second-order valence-electron chi connectivity index (χ2n) is 4.89. The summed E-state index contributed by atoms with van der Waals surface area (Å²) in [6, 6.07) is 6.02. The third-order valence-corrected chi connectivity index (χ3v) is 5.06. The lowest BCUT2D eigenvalue weighted by atomic mass is 9.93. The number of hydrogen-bond acceptors (Lipinski definition) is 2. The minimum absolute atomic E-state index is 0.313. The average Bonchev–Trinajstić information content (AvgIpc) is 2.44. The summed E-state index contributed by atoms with van der Waals surface area (Å²) in [4.78, 5) is 0. The maximum atomic E-state index is 13.5. The Hall–Kier alpha value is -0.910. The summed E-state index contributed by atoms with van der Waals surface area (Å²) in [7, 11) is 1.62. The van der Waals surface area contributed by atoms with Crippen LogP contribution in [0.5, 0.6) is 5.75 Å². The molecule has 0 aliphatic heterocycles. The molecular formula is C16H16Br2FNO. The smallest absolute Gasteiger partial charge is 0.127 e. The Bertz CT molecular complexity index is 688. The Morgan fingerprint density at radius 1 is 1.14 bits per heavy atom. The van der Waals surface area contributed by atoms with Crippen LogP contribution in [0.3, 0.4) is 0 Å². The highest BCUT2D eigenvalue weighted by Crippen LogP contribution is 2.39. The molecular weight excluding hydrogens is 401 g/mol. The zero-order valence-electron chi connectivity index (χ0n) is 12.0. The fraction of sp³-hybridized carbons (Fsp3) is 0.250. The monoisotopic (exact) mass is 415 g/mol. The molecule has 21 heavy (non-hydrogen) atoms. The van der Waals surface area contributed by atoms with Crippen molar-refractivity contribution in [3.05, 3.63) is 61.3 Å². The van der Waals surface area contributed by atoms with Crippen LogP contribution < -0.4 is 10.5 Å². The number of nitrogens with two attached hydrogens (primary N) is 1. The van der Waals surface area contributed by atoms with Gasteiger partial charge in [-0.15, -0.1) is 0 Å². The van der Waals surface area contributed by atoms with Gasteiger partial charge in [-0.25, -0.2) is 4.39 Å². The molecule has 0 radical (unpaired) electrons. The molecule has 0 aliphatic rings. The zero-order chi connectivity index (χ0) is 15.7. The fourth-order valence-corrected chi connectivity index (χ4v) is 3.48. The Balaban J connectivity index is 2.68. The van der Waals surface area contributed by atoms with E-state index in [0.717, 1.165) is 31.4 Å². The molecule has 0 spiro atoms. The lowest BCUT2D eigenvalue weighted by molar-refractivity contribution is 0.404.